The Hall–Kier alpha value is -0.220. The molecule has 2 fully saturated rings. The predicted molar refractivity (Wildman–Crippen MR) is 82.6 cm³/mol. The fourth-order valence-corrected chi connectivity index (χ4v) is 4.25. The van der Waals surface area contributed by atoms with Gasteiger partial charge in [-0.25, -0.2) is 0 Å². The van der Waals surface area contributed by atoms with Crippen LogP contribution in [0.2, 0.25) is 0 Å². The molecule has 0 spiro atoms. The first kappa shape index (κ1) is 15.2. The predicted octanol–water partition coefficient (Wildman–Crippen LogP) is 2.51. The molecule has 2 aliphatic rings. The van der Waals surface area contributed by atoms with Crippen LogP contribution in [0.15, 0.2) is 0 Å². The summed E-state index contributed by atoms with van der Waals surface area (Å²) in [5.41, 5.74) is 0. The molecule has 3 nitrogen and oxygen atoms in total. The summed E-state index contributed by atoms with van der Waals surface area (Å²) in [5.74, 6) is 1.94. The van der Waals surface area contributed by atoms with E-state index in [0.717, 1.165) is 32.1 Å². The third kappa shape index (κ3) is 4.99. The molecule has 2 heterocycles. The largest absolute Gasteiger partial charge is 0.342 e. The molecule has 0 aromatic rings. The van der Waals surface area contributed by atoms with Gasteiger partial charge in [0.1, 0.15) is 0 Å². The van der Waals surface area contributed by atoms with Crippen molar-refractivity contribution in [2.45, 2.75) is 50.7 Å². The second-order valence-electron chi connectivity index (χ2n) is 5.87. The molecule has 0 bridgehead atoms. The van der Waals surface area contributed by atoms with Gasteiger partial charge in [-0.05, 0) is 44.7 Å². The third-order valence-corrected chi connectivity index (χ3v) is 5.75. The van der Waals surface area contributed by atoms with E-state index in [9.17, 15) is 4.79 Å². The molecule has 1 amide bonds. The molecule has 1 N–H and O–H groups in total. The Morgan fingerprint density at radius 2 is 1.89 bits per heavy atom. The van der Waals surface area contributed by atoms with Crippen molar-refractivity contribution in [2.75, 3.05) is 31.9 Å². The first-order valence-electron chi connectivity index (χ1n) is 7.89. The number of rotatable bonds is 5. The zero-order valence-corrected chi connectivity index (χ0v) is 13.0. The molecule has 110 valence electrons. The summed E-state index contributed by atoms with van der Waals surface area (Å²) in [6.07, 6.45) is 7.50. The summed E-state index contributed by atoms with van der Waals surface area (Å²) < 4.78 is 0. The Balaban J connectivity index is 1.63. The smallest absolute Gasteiger partial charge is 0.232 e. The molecule has 0 aromatic carbocycles. The summed E-state index contributed by atoms with van der Waals surface area (Å²) in [5, 5.41) is 4.07. The van der Waals surface area contributed by atoms with E-state index in [2.05, 4.69) is 17.1 Å². The van der Waals surface area contributed by atoms with Gasteiger partial charge < -0.3 is 10.2 Å². The van der Waals surface area contributed by atoms with Crippen LogP contribution in [0, 0.1) is 5.92 Å². The Morgan fingerprint density at radius 3 is 2.53 bits per heavy atom. The number of likely N-dealkylation sites (tertiary alicyclic amines) is 1. The highest BCUT2D eigenvalue weighted by molar-refractivity contribution is 8.00. The summed E-state index contributed by atoms with van der Waals surface area (Å²) >= 11 is 1.88. The van der Waals surface area contributed by atoms with Gasteiger partial charge in [0.15, 0.2) is 0 Å². The van der Waals surface area contributed by atoms with Crippen molar-refractivity contribution in [3.63, 3.8) is 0 Å². The fraction of sp³-hybridized carbons (Fsp3) is 0.933. The van der Waals surface area contributed by atoms with Gasteiger partial charge in [-0.1, -0.05) is 19.8 Å². The van der Waals surface area contributed by atoms with Gasteiger partial charge in [-0.2, -0.15) is 0 Å². The SMILES string of the molecule is CCCC1CCN(C(=O)CSC2CCNCC2)CC1. The Labute approximate surface area is 121 Å². The van der Waals surface area contributed by atoms with Crippen molar-refractivity contribution in [3.05, 3.63) is 0 Å². The fourth-order valence-electron chi connectivity index (χ4n) is 3.12. The standard InChI is InChI=1S/C15H28N2OS/c1-2-3-13-6-10-17(11-7-13)15(18)12-19-14-4-8-16-9-5-14/h13-14,16H,2-12H2,1H3. The highest BCUT2D eigenvalue weighted by Crippen LogP contribution is 2.24. The highest BCUT2D eigenvalue weighted by atomic mass is 32.2. The molecule has 4 heteroatoms. The van der Waals surface area contributed by atoms with Crippen LogP contribution in [0.5, 0.6) is 0 Å². The maximum absolute atomic E-state index is 12.2. The number of piperidine rings is 2. The molecule has 0 saturated carbocycles. The van der Waals surface area contributed by atoms with Crippen LogP contribution in [0.3, 0.4) is 0 Å². The molecule has 0 unspecified atom stereocenters. The molecular formula is C15H28N2OS. The zero-order chi connectivity index (χ0) is 13.5. The number of hydrogen-bond acceptors (Lipinski definition) is 3. The van der Waals surface area contributed by atoms with E-state index < -0.39 is 0 Å². The van der Waals surface area contributed by atoms with Crippen molar-refractivity contribution in [1.82, 2.24) is 10.2 Å². The monoisotopic (exact) mass is 284 g/mol. The molecule has 0 radical (unpaired) electrons. The number of thioether (sulfide) groups is 1. The lowest BCUT2D eigenvalue weighted by Crippen LogP contribution is -2.40. The lowest BCUT2D eigenvalue weighted by molar-refractivity contribution is -0.129. The minimum atomic E-state index is 0.374. The minimum absolute atomic E-state index is 0.374. The molecule has 2 saturated heterocycles. The maximum atomic E-state index is 12.2. The van der Waals surface area contributed by atoms with Crippen molar-refractivity contribution in [1.29, 1.82) is 0 Å². The second kappa shape index (κ2) is 8.15. The highest BCUT2D eigenvalue weighted by Gasteiger charge is 2.23. The van der Waals surface area contributed by atoms with Crippen molar-refractivity contribution in [3.8, 4) is 0 Å². The summed E-state index contributed by atoms with van der Waals surface area (Å²) in [4.78, 5) is 14.3. The number of nitrogens with one attached hydrogen (secondary N) is 1. The van der Waals surface area contributed by atoms with Gasteiger partial charge in [0.2, 0.25) is 5.91 Å². The van der Waals surface area contributed by atoms with Gasteiger partial charge in [-0.3, -0.25) is 4.79 Å². The van der Waals surface area contributed by atoms with Gasteiger partial charge in [-0.15, -0.1) is 11.8 Å². The van der Waals surface area contributed by atoms with E-state index in [1.165, 1.54) is 38.5 Å². The summed E-state index contributed by atoms with van der Waals surface area (Å²) in [6, 6.07) is 0. The topological polar surface area (TPSA) is 32.3 Å². The Morgan fingerprint density at radius 1 is 1.21 bits per heavy atom. The average Bonchev–Trinajstić information content (AvgIpc) is 2.47. The first-order valence-corrected chi connectivity index (χ1v) is 8.94. The molecule has 0 atom stereocenters. The van der Waals surface area contributed by atoms with E-state index in [1.54, 1.807) is 0 Å². The third-order valence-electron chi connectivity index (χ3n) is 4.39. The summed E-state index contributed by atoms with van der Waals surface area (Å²) in [6.45, 7) is 6.49. The number of nitrogens with zero attached hydrogens (tertiary/aromatic N) is 1. The molecule has 19 heavy (non-hydrogen) atoms. The lowest BCUT2D eigenvalue weighted by atomic mass is 9.92. The minimum Gasteiger partial charge on any atom is -0.342 e. The van der Waals surface area contributed by atoms with Gasteiger partial charge in [0, 0.05) is 18.3 Å². The second-order valence-corrected chi connectivity index (χ2v) is 7.16. The van der Waals surface area contributed by atoms with E-state index in [4.69, 9.17) is 0 Å². The van der Waals surface area contributed by atoms with Gasteiger partial charge in [0.05, 0.1) is 5.75 Å². The number of hydrogen-bond donors (Lipinski definition) is 1. The first-order chi connectivity index (χ1) is 9.29. The quantitative estimate of drug-likeness (QED) is 0.842. The average molecular weight is 284 g/mol. The molecule has 2 aliphatic heterocycles. The van der Waals surface area contributed by atoms with Crippen LogP contribution < -0.4 is 5.32 Å². The van der Waals surface area contributed by atoms with Crippen LogP contribution in [-0.4, -0.2) is 48.0 Å². The van der Waals surface area contributed by atoms with Gasteiger partial charge >= 0.3 is 0 Å². The van der Waals surface area contributed by atoms with Crippen LogP contribution in [0.4, 0.5) is 0 Å². The van der Waals surface area contributed by atoms with Crippen LogP contribution in [0.1, 0.15) is 45.4 Å². The van der Waals surface area contributed by atoms with Crippen LogP contribution in [-0.2, 0) is 4.79 Å². The number of carbonyl (C=O) groups excluding carboxylic acids is 1. The maximum Gasteiger partial charge on any atom is 0.232 e. The van der Waals surface area contributed by atoms with E-state index >= 15 is 0 Å². The molecule has 0 aromatic heterocycles. The van der Waals surface area contributed by atoms with Crippen molar-refractivity contribution < 1.29 is 4.79 Å². The Bertz CT molecular complexity index is 271. The molecular weight excluding hydrogens is 256 g/mol. The molecule has 0 aliphatic carbocycles. The zero-order valence-electron chi connectivity index (χ0n) is 12.2. The van der Waals surface area contributed by atoms with Crippen LogP contribution in [0.25, 0.3) is 0 Å². The summed E-state index contributed by atoms with van der Waals surface area (Å²) in [7, 11) is 0. The van der Waals surface area contributed by atoms with E-state index in [1.807, 2.05) is 11.8 Å². The van der Waals surface area contributed by atoms with Crippen molar-refractivity contribution in [2.24, 2.45) is 5.92 Å². The van der Waals surface area contributed by atoms with Crippen molar-refractivity contribution >= 4 is 17.7 Å². The van der Waals surface area contributed by atoms with Gasteiger partial charge in [0.25, 0.3) is 0 Å². The lowest BCUT2D eigenvalue weighted by Gasteiger charge is -2.32. The number of carbonyl (C=O) groups is 1. The molecule has 2 rings (SSSR count). The van der Waals surface area contributed by atoms with E-state index in [-0.39, 0.29) is 0 Å². The van der Waals surface area contributed by atoms with Crippen LogP contribution >= 0.6 is 11.8 Å². The Kier molecular flexibility index (Phi) is 6.51. The normalized spacial score (nSPS) is 22.7. The van der Waals surface area contributed by atoms with E-state index in [0.29, 0.717) is 16.9 Å². The number of amides is 1.